The van der Waals surface area contributed by atoms with Crippen molar-refractivity contribution in [2.75, 3.05) is 13.3 Å². The first-order valence-electron chi connectivity index (χ1n) is 3.77. The van der Waals surface area contributed by atoms with Crippen molar-refractivity contribution < 1.29 is 37.6 Å². The molecular weight excluding hydrogens is 365 g/mol. The van der Waals surface area contributed by atoms with Gasteiger partial charge in [0.2, 0.25) is 0 Å². The molecule has 0 aliphatic carbocycles. The molecule has 0 bridgehead atoms. The molecule has 13 heavy (non-hydrogen) atoms. The van der Waals surface area contributed by atoms with Crippen molar-refractivity contribution in [3.63, 3.8) is 0 Å². The van der Waals surface area contributed by atoms with Crippen LogP contribution in [-0.4, -0.2) is 44.2 Å². The van der Waals surface area contributed by atoms with Gasteiger partial charge in [-0.15, -0.1) is 0 Å². The van der Waals surface area contributed by atoms with Crippen LogP contribution in [0.15, 0.2) is 0 Å². The predicted molar refractivity (Wildman–Crippen MR) is 43.9 cm³/mol. The van der Waals surface area contributed by atoms with Crippen molar-refractivity contribution in [3.05, 3.63) is 0 Å². The Morgan fingerprint density at radius 1 is 1.92 bits per heavy atom. The van der Waals surface area contributed by atoms with Gasteiger partial charge in [0.05, 0.1) is 0 Å². The molecule has 1 N–H and O–H groups in total. The van der Waals surface area contributed by atoms with Gasteiger partial charge in [0, 0.05) is 0 Å². The van der Waals surface area contributed by atoms with Crippen LogP contribution in [0.4, 0.5) is 4.39 Å². The first kappa shape index (κ1) is 11.9. The number of hydrogen-bond donors (Lipinski definition) is 1. The van der Waals surface area contributed by atoms with Crippen molar-refractivity contribution in [2.24, 2.45) is 0 Å². The van der Waals surface area contributed by atoms with Gasteiger partial charge in [-0.2, -0.15) is 0 Å². The summed E-state index contributed by atoms with van der Waals surface area (Å²) in [6, 6.07) is -0.930. The quantitative estimate of drug-likeness (QED) is 0.575. The van der Waals surface area contributed by atoms with E-state index in [0.29, 0.717) is 0 Å². The number of alkyl halides is 1. The van der Waals surface area contributed by atoms with Crippen molar-refractivity contribution in [1.29, 1.82) is 0 Å². The fourth-order valence-electron chi connectivity index (χ4n) is 1.08. The van der Waals surface area contributed by atoms with Crippen LogP contribution < -0.4 is 0 Å². The van der Waals surface area contributed by atoms with Crippen LogP contribution >= 0.6 is 5.78 Å². The number of rotatable bonds is 3. The zero-order valence-electron chi connectivity index (χ0n) is 7.14. The topological polar surface area (TPSA) is 38.7 Å². The van der Waals surface area contributed by atoms with Gasteiger partial charge in [-0.1, -0.05) is 0 Å². The van der Waals surface area contributed by atoms with Gasteiger partial charge in [0.1, 0.15) is 0 Å². The predicted octanol–water partition coefficient (Wildman–Crippen LogP) is 0.433. The molecule has 0 aromatic carbocycles. The molecule has 1 aliphatic heterocycles. The van der Waals surface area contributed by atoms with Crippen LogP contribution in [-0.2, 0) is 28.1 Å². The summed E-state index contributed by atoms with van der Waals surface area (Å²) >= 11 is 1.29. The Balaban J connectivity index is 2.44. The molecule has 0 aromatic heterocycles. The average Bonchev–Trinajstić information content (AvgIpc) is 2.24. The molecule has 1 aliphatic rings. The van der Waals surface area contributed by atoms with Gasteiger partial charge < -0.3 is 0 Å². The minimum absolute atomic E-state index is 0.104. The average molecular weight is 375 g/mol. The summed E-state index contributed by atoms with van der Waals surface area (Å²) in [5, 5.41) is 9.16. The van der Waals surface area contributed by atoms with Gasteiger partial charge in [-0.05, 0) is 0 Å². The van der Waals surface area contributed by atoms with Crippen LogP contribution in [0.5, 0.6) is 0 Å². The Morgan fingerprint density at radius 3 is 2.92 bits per heavy atom. The Bertz CT molecular complexity index is 208. The summed E-state index contributed by atoms with van der Waals surface area (Å²) in [4.78, 5) is 0. The van der Waals surface area contributed by atoms with E-state index in [0.717, 1.165) is 0 Å². The van der Waals surface area contributed by atoms with E-state index in [1.807, 2.05) is 6.66 Å². The molecule has 72 valence electrons. The summed E-state index contributed by atoms with van der Waals surface area (Å²) in [5.41, 5.74) is 0. The molecule has 0 aromatic rings. The molecule has 1 rings (SSSR count). The maximum atomic E-state index is 13.6. The second-order valence-corrected chi connectivity index (χ2v) is 9.63. The van der Waals surface area contributed by atoms with Gasteiger partial charge in [0.15, 0.2) is 0 Å². The van der Waals surface area contributed by atoms with Gasteiger partial charge in [-0.3, -0.25) is 0 Å². The molecule has 4 atom stereocenters. The van der Waals surface area contributed by atoms with E-state index in [1.165, 1.54) is 18.8 Å². The SMILES string of the molecule is [B][C@@H]1O[C@](F)(CO[P+](C)=[W])C[C@H]1O. The molecule has 1 saturated heterocycles. The number of halogens is 1. The fourth-order valence-corrected chi connectivity index (χ4v) is 2.02. The molecule has 0 spiro atoms. The molecule has 7 heteroatoms. The van der Waals surface area contributed by atoms with Gasteiger partial charge >= 0.3 is 88.8 Å². The fraction of sp³-hybridized carbons (Fsp3) is 1.00. The maximum absolute atomic E-state index is 13.6. The van der Waals surface area contributed by atoms with E-state index in [1.54, 1.807) is 0 Å². The summed E-state index contributed by atoms with van der Waals surface area (Å²) in [7, 11) is 5.30. The Hall–Kier alpha value is 0.863. The number of aliphatic hydroxyl groups excluding tert-OH is 1. The number of hydrogen-bond acceptors (Lipinski definition) is 3. The van der Waals surface area contributed by atoms with E-state index in [-0.39, 0.29) is 13.0 Å². The second-order valence-electron chi connectivity index (χ2n) is 2.95. The van der Waals surface area contributed by atoms with Crippen LogP contribution in [0.2, 0.25) is 0 Å². The van der Waals surface area contributed by atoms with Crippen LogP contribution in [0.3, 0.4) is 0 Å². The normalized spacial score (nSPS) is 40.7. The van der Waals surface area contributed by atoms with E-state index in [2.05, 4.69) is 0 Å². The summed E-state index contributed by atoms with van der Waals surface area (Å²) < 4.78 is 23.5. The zero-order chi connectivity index (χ0) is 10.1. The van der Waals surface area contributed by atoms with Gasteiger partial charge in [0.25, 0.3) is 0 Å². The first-order valence-corrected chi connectivity index (χ1v) is 9.33. The third-order valence-corrected chi connectivity index (χ3v) is 3.33. The van der Waals surface area contributed by atoms with Crippen molar-refractivity contribution in [2.45, 2.75) is 24.4 Å². The molecule has 1 fully saturated rings. The summed E-state index contributed by atoms with van der Waals surface area (Å²) in [6.07, 6.45) is -1.03. The van der Waals surface area contributed by atoms with Gasteiger partial charge in [-0.25, -0.2) is 0 Å². The standard InChI is InChI=1S/C6H10BFO3P.W/c1-12-10-3-6(8)2-4(9)5(7)11-6;/h4-5,9H,2-3H2,1H3;/q-1;+2/t4-,5-,6+;/m1./s1. The van der Waals surface area contributed by atoms with E-state index in [9.17, 15) is 4.39 Å². The molecule has 3 nitrogen and oxygen atoms in total. The molecular formula is C6H10BFO3PW+. The van der Waals surface area contributed by atoms with E-state index < -0.39 is 23.7 Å². The van der Waals surface area contributed by atoms with E-state index >= 15 is 0 Å². The van der Waals surface area contributed by atoms with Crippen molar-refractivity contribution in [1.82, 2.24) is 0 Å². The van der Waals surface area contributed by atoms with Crippen molar-refractivity contribution >= 4 is 13.6 Å². The van der Waals surface area contributed by atoms with E-state index in [4.69, 9.17) is 22.2 Å². The third-order valence-electron chi connectivity index (χ3n) is 1.70. The minimum atomic E-state index is -1.90. The molecule has 1 unspecified atom stereocenters. The molecule has 1 heterocycles. The Morgan fingerprint density at radius 2 is 2.54 bits per heavy atom. The van der Waals surface area contributed by atoms with Crippen LogP contribution in [0.1, 0.15) is 6.42 Å². The Labute approximate surface area is 89.0 Å². The summed E-state index contributed by atoms with van der Waals surface area (Å²) in [5.74, 6) is -2.43. The monoisotopic (exact) mass is 375 g/mol. The van der Waals surface area contributed by atoms with Crippen LogP contribution in [0.25, 0.3) is 0 Å². The molecule has 0 amide bonds. The molecule has 2 radical (unpaired) electrons. The zero-order valence-corrected chi connectivity index (χ0v) is 11.0. The first-order chi connectivity index (χ1) is 5.93. The van der Waals surface area contributed by atoms with Crippen molar-refractivity contribution in [3.8, 4) is 0 Å². The molecule has 0 saturated carbocycles. The third kappa shape index (κ3) is 3.49. The summed E-state index contributed by atoms with van der Waals surface area (Å²) in [6.45, 7) is 1.77. The van der Waals surface area contributed by atoms with Crippen LogP contribution in [0, 0.1) is 0 Å². The Kier molecular flexibility index (Phi) is 4.21. The number of aliphatic hydroxyl groups is 1. The number of ether oxygens (including phenoxy) is 1. The second kappa shape index (κ2) is 4.59.